The minimum atomic E-state index is -4.45. The van der Waals surface area contributed by atoms with Crippen LogP contribution in [0.25, 0.3) is 0 Å². The highest BCUT2D eigenvalue weighted by molar-refractivity contribution is 5.84. The van der Waals surface area contributed by atoms with Crippen molar-refractivity contribution in [1.29, 1.82) is 0 Å². The summed E-state index contributed by atoms with van der Waals surface area (Å²) < 4.78 is 38.6. The molecule has 0 heterocycles. The smallest absolute Gasteiger partial charge is 0.373 e. The first-order valence-corrected chi connectivity index (χ1v) is 7.02. The van der Waals surface area contributed by atoms with E-state index in [1.165, 1.54) is 18.2 Å². The largest absolute Gasteiger partial charge is 0.418 e. The molecule has 1 amide bonds. The summed E-state index contributed by atoms with van der Waals surface area (Å²) in [6, 6.07) is 4.44. The zero-order chi connectivity index (χ0) is 16.0. The Morgan fingerprint density at radius 1 is 1.19 bits per heavy atom. The fourth-order valence-corrected chi connectivity index (χ4v) is 1.97. The van der Waals surface area contributed by atoms with Gasteiger partial charge in [-0.05, 0) is 31.9 Å². The van der Waals surface area contributed by atoms with Crippen LogP contribution in [0.3, 0.4) is 0 Å². The molecule has 0 aliphatic heterocycles. The summed E-state index contributed by atoms with van der Waals surface area (Å²) in [6.07, 6.45) is -2.88. The predicted octanol–water partition coefficient (Wildman–Crippen LogP) is 3.81. The average molecular weight is 302 g/mol. The van der Waals surface area contributed by atoms with Crippen LogP contribution in [0.1, 0.15) is 39.2 Å². The molecule has 0 saturated heterocycles. The second-order valence-corrected chi connectivity index (χ2v) is 4.93. The van der Waals surface area contributed by atoms with Crippen molar-refractivity contribution in [2.75, 3.05) is 5.32 Å². The molecule has 3 nitrogen and oxygen atoms in total. The fraction of sp³-hybridized carbons (Fsp3) is 0.533. The average Bonchev–Trinajstić information content (AvgIpc) is 2.43. The van der Waals surface area contributed by atoms with Crippen molar-refractivity contribution in [3.8, 4) is 0 Å². The predicted molar refractivity (Wildman–Crippen MR) is 77.0 cm³/mol. The lowest BCUT2D eigenvalue weighted by atomic mass is 10.1. The van der Waals surface area contributed by atoms with Gasteiger partial charge in [-0.1, -0.05) is 26.0 Å². The van der Waals surface area contributed by atoms with Crippen LogP contribution in [0.5, 0.6) is 0 Å². The van der Waals surface area contributed by atoms with E-state index in [0.717, 1.165) is 18.9 Å². The van der Waals surface area contributed by atoms with Crippen LogP contribution in [-0.2, 0) is 11.0 Å². The van der Waals surface area contributed by atoms with E-state index in [0.29, 0.717) is 0 Å². The van der Waals surface area contributed by atoms with Gasteiger partial charge in [-0.15, -0.1) is 0 Å². The number of alkyl halides is 3. The van der Waals surface area contributed by atoms with Gasteiger partial charge in [0.2, 0.25) is 5.91 Å². The highest BCUT2D eigenvalue weighted by Crippen LogP contribution is 2.34. The Kier molecular flexibility index (Phi) is 6.05. The molecule has 0 radical (unpaired) electrons. The standard InChI is InChI=1S/C15H21F3N2O/c1-4-11(5-2)20-14(21)10(3)19-13-9-7-6-8-12(13)15(16,17)18/h6-11,19H,4-5H2,1-3H3,(H,20,21). The zero-order valence-corrected chi connectivity index (χ0v) is 12.4. The maximum atomic E-state index is 12.9. The minimum Gasteiger partial charge on any atom is -0.373 e. The first-order valence-electron chi connectivity index (χ1n) is 7.02. The summed E-state index contributed by atoms with van der Waals surface area (Å²) >= 11 is 0. The summed E-state index contributed by atoms with van der Waals surface area (Å²) in [5, 5.41) is 5.45. The van der Waals surface area contributed by atoms with E-state index in [1.54, 1.807) is 6.92 Å². The number of carbonyl (C=O) groups excluding carboxylic acids is 1. The number of hydrogen-bond acceptors (Lipinski definition) is 2. The molecule has 1 rings (SSSR count). The highest BCUT2D eigenvalue weighted by atomic mass is 19.4. The Bertz CT molecular complexity index is 470. The molecule has 1 atom stereocenters. The number of para-hydroxylation sites is 1. The number of halogens is 3. The molecule has 1 aromatic carbocycles. The number of benzene rings is 1. The molecule has 0 aliphatic carbocycles. The van der Waals surface area contributed by atoms with Gasteiger partial charge in [-0.25, -0.2) is 0 Å². The van der Waals surface area contributed by atoms with E-state index >= 15 is 0 Å². The first kappa shape index (κ1) is 17.3. The van der Waals surface area contributed by atoms with E-state index in [4.69, 9.17) is 0 Å². The molecule has 2 N–H and O–H groups in total. The molecule has 0 fully saturated rings. The van der Waals surface area contributed by atoms with Crippen LogP contribution >= 0.6 is 0 Å². The van der Waals surface area contributed by atoms with E-state index in [2.05, 4.69) is 10.6 Å². The Balaban J connectivity index is 2.80. The fourth-order valence-electron chi connectivity index (χ4n) is 1.97. The lowest BCUT2D eigenvalue weighted by molar-refractivity contribution is -0.137. The van der Waals surface area contributed by atoms with Crippen LogP contribution in [0.4, 0.5) is 18.9 Å². The highest BCUT2D eigenvalue weighted by Gasteiger charge is 2.33. The second-order valence-electron chi connectivity index (χ2n) is 4.93. The monoisotopic (exact) mass is 302 g/mol. The number of rotatable bonds is 6. The SMILES string of the molecule is CCC(CC)NC(=O)C(C)Nc1ccccc1C(F)(F)F. The topological polar surface area (TPSA) is 41.1 Å². The summed E-state index contributed by atoms with van der Waals surface area (Å²) in [7, 11) is 0. The summed E-state index contributed by atoms with van der Waals surface area (Å²) in [4.78, 5) is 12.0. The Morgan fingerprint density at radius 3 is 2.29 bits per heavy atom. The first-order chi connectivity index (χ1) is 9.79. The summed E-state index contributed by atoms with van der Waals surface area (Å²) in [6.45, 7) is 5.45. The molecule has 118 valence electrons. The number of hydrogen-bond donors (Lipinski definition) is 2. The van der Waals surface area contributed by atoms with Crippen molar-refractivity contribution in [2.24, 2.45) is 0 Å². The minimum absolute atomic E-state index is 0.0413. The van der Waals surface area contributed by atoms with Crippen molar-refractivity contribution in [2.45, 2.75) is 51.9 Å². The molecule has 0 bridgehead atoms. The van der Waals surface area contributed by atoms with Gasteiger partial charge in [0.1, 0.15) is 6.04 Å². The Hall–Kier alpha value is -1.72. The number of anilines is 1. The van der Waals surface area contributed by atoms with E-state index in [9.17, 15) is 18.0 Å². The molecule has 1 unspecified atom stereocenters. The molecule has 0 aliphatic rings. The van der Waals surface area contributed by atoms with Crippen LogP contribution in [0, 0.1) is 0 Å². The third-order valence-corrected chi connectivity index (χ3v) is 3.33. The molecular formula is C15H21F3N2O. The van der Waals surface area contributed by atoms with E-state index in [-0.39, 0.29) is 17.6 Å². The van der Waals surface area contributed by atoms with Gasteiger partial charge in [0.05, 0.1) is 5.56 Å². The maximum absolute atomic E-state index is 12.9. The molecular weight excluding hydrogens is 281 g/mol. The maximum Gasteiger partial charge on any atom is 0.418 e. The zero-order valence-electron chi connectivity index (χ0n) is 12.4. The molecule has 1 aromatic rings. The van der Waals surface area contributed by atoms with Gasteiger partial charge in [-0.2, -0.15) is 13.2 Å². The van der Waals surface area contributed by atoms with Gasteiger partial charge in [0.25, 0.3) is 0 Å². The summed E-state index contributed by atoms with van der Waals surface area (Å²) in [5.74, 6) is -0.305. The Morgan fingerprint density at radius 2 is 1.76 bits per heavy atom. The lowest BCUT2D eigenvalue weighted by Gasteiger charge is -2.21. The molecule has 0 saturated carbocycles. The Labute approximate surface area is 122 Å². The third kappa shape index (κ3) is 4.95. The van der Waals surface area contributed by atoms with Gasteiger partial charge in [0, 0.05) is 11.7 Å². The summed E-state index contributed by atoms with van der Waals surface area (Å²) in [5.41, 5.74) is -0.857. The van der Waals surface area contributed by atoms with Crippen LogP contribution in [-0.4, -0.2) is 18.0 Å². The normalized spacial score (nSPS) is 13.1. The van der Waals surface area contributed by atoms with Crippen LogP contribution in [0.2, 0.25) is 0 Å². The molecule has 0 spiro atoms. The molecule has 21 heavy (non-hydrogen) atoms. The van der Waals surface area contributed by atoms with Crippen molar-refractivity contribution >= 4 is 11.6 Å². The number of carbonyl (C=O) groups is 1. The van der Waals surface area contributed by atoms with Gasteiger partial charge < -0.3 is 10.6 Å². The van der Waals surface area contributed by atoms with Gasteiger partial charge >= 0.3 is 6.18 Å². The number of nitrogens with one attached hydrogen (secondary N) is 2. The molecule has 6 heteroatoms. The molecule has 0 aromatic heterocycles. The lowest BCUT2D eigenvalue weighted by Crippen LogP contribution is -2.43. The van der Waals surface area contributed by atoms with Crippen LogP contribution in [0.15, 0.2) is 24.3 Å². The van der Waals surface area contributed by atoms with E-state index < -0.39 is 17.8 Å². The van der Waals surface area contributed by atoms with Crippen molar-refractivity contribution in [1.82, 2.24) is 5.32 Å². The van der Waals surface area contributed by atoms with Crippen molar-refractivity contribution in [3.05, 3.63) is 29.8 Å². The van der Waals surface area contributed by atoms with Gasteiger partial charge in [-0.3, -0.25) is 4.79 Å². The van der Waals surface area contributed by atoms with Crippen molar-refractivity contribution in [3.63, 3.8) is 0 Å². The quantitative estimate of drug-likeness (QED) is 0.839. The third-order valence-electron chi connectivity index (χ3n) is 3.33. The van der Waals surface area contributed by atoms with Crippen molar-refractivity contribution < 1.29 is 18.0 Å². The van der Waals surface area contributed by atoms with Gasteiger partial charge in [0.15, 0.2) is 0 Å². The van der Waals surface area contributed by atoms with Crippen LogP contribution < -0.4 is 10.6 Å². The number of amides is 1. The second kappa shape index (κ2) is 7.33. The van der Waals surface area contributed by atoms with E-state index in [1.807, 2.05) is 13.8 Å².